The van der Waals surface area contributed by atoms with Gasteiger partial charge >= 0.3 is 0 Å². The van der Waals surface area contributed by atoms with E-state index in [1.807, 2.05) is 0 Å². The minimum absolute atomic E-state index is 0.477. The molecule has 0 amide bonds. The summed E-state index contributed by atoms with van der Waals surface area (Å²) in [5.74, 6) is 0. The van der Waals surface area contributed by atoms with Crippen LogP contribution in [0.5, 0.6) is 0 Å². The third-order valence-corrected chi connectivity index (χ3v) is 4.69. The van der Waals surface area contributed by atoms with Gasteiger partial charge in [0.2, 0.25) is 0 Å². The molecule has 3 rings (SSSR count). The number of anilines is 1. The summed E-state index contributed by atoms with van der Waals surface area (Å²) in [6, 6.07) is 7.40. The van der Waals surface area contributed by atoms with Crippen LogP contribution in [-0.4, -0.2) is 57.4 Å². The number of benzene rings is 1. The molecule has 1 aromatic rings. The summed E-state index contributed by atoms with van der Waals surface area (Å²) >= 11 is 0. The molecule has 2 aliphatic rings. The average molecular weight is 289 g/mol. The molecular formula is C17H27N3O. The van der Waals surface area contributed by atoms with Crippen LogP contribution < -0.4 is 10.2 Å². The third kappa shape index (κ3) is 3.39. The van der Waals surface area contributed by atoms with Crippen LogP contribution in [0.4, 0.5) is 5.69 Å². The highest BCUT2D eigenvalue weighted by Crippen LogP contribution is 2.31. The van der Waals surface area contributed by atoms with Gasteiger partial charge in [0, 0.05) is 51.0 Å². The second kappa shape index (κ2) is 6.77. The number of nitrogens with one attached hydrogen (secondary N) is 1. The van der Waals surface area contributed by atoms with Crippen LogP contribution in [0, 0.1) is 6.92 Å². The largest absolute Gasteiger partial charge is 0.378 e. The van der Waals surface area contributed by atoms with Gasteiger partial charge in [0.05, 0.1) is 13.2 Å². The van der Waals surface area contributed by atoms with Crippen molar-refractivity contribution in [3.63, 3.8) is 0 Å². The van der Waals surface area contributed by atoms with Gasteiger partial charge < -0.3 is 15.0 Å². The zero-order chi connectivity index (χ0) is 14.7. The minimum Gasteiger partial charge on any atom is -0.378 e. The van der Waals surface area contributed by atoms with Gasteiger partial charge in [-0.2, -0.15) is 0 Å². The maximum Gasteiger partial charge on any atom is 0.0642 e. The fraction of sp³-hybridized carbons (Fsp3) is 0.647. The maximum absolute atomic E-state index is 5.51. The monoisotopic (exact) mass is 289 g/mol. The van der Waals surface area contributed by atoms with Crippen LogP contribution in [0.2, 0.25) is 0 Å². The molecule has 4 heteroatoms. The van der Waals surface area contributed by atoms with Gasteiger partial charge in [-0.1, -0.05) is 12.1 Å². The molecule has 0 saturated carbocycles. The van der Waals surface area contributed by atoms with E-state index >= 15 is 0 Å². The van der Waals surface area contributed by atoms with Crippen molar-refractivity contribution in [1.82, 2.24) is 10.2 Å². The first kappa shape index (κ1) is 14.8. The first-order chi connectivity index (χ1) is 10.3. The zero-order valence-electron chi connectivity index (χ0n) is 13.3. The molecule has 0 bridgehead atoms. The van der Waals surface area contributed by atoms with E-state index in [4.69, 9.17) is 4.74 Å². The molecule has 116 valence electrons. The maximum atomic E-state index is 5.51. The molecule has 0 spiro atoms. The van der Waals surface area contributed by atoms with Crippen LogP contribution in [-0.2, 0) is 4.74 Å². The number of hydrogen-bond donors (Lipinski definition) is 1. The first-order valence-corrected chi connectivity index (χ1v) is 8.14. The molecule has 4 nitrogen and oxygen atoms in total. The molecule has 1 N–H and O–H groups in total. The Hall–Kier alpha value is -1.10. The second-order valence-electron chi connectivity index (χ2n) is 6.12. The Morgan fingerprint density at radius 2 is 1.81 bits per heavy atom. The average Bonchev–Trinajstić information content (AvgIpc) is 2.56. The Balaban J connectivity index is 1.85. The molecule has 21 heavy (non-hydrogen) atoms. The number of morpholine rings is 1. The summed E-state index contributed by atoms with van der Waals surface area (Å²) in [5, 5.41) is 3.44. The van der Waals surface area contributed by atoms with E-state index in [9.17, 15) is 0 Å². The number of nitrogens with zero attached hydrogens (tertiary/aromatic N) is 2. The van der Waals surface area contributed by atoms with Crippen LogP contribution in [0.25, 0.3) is 0 Å². The van der Waals surface area contributed by atoms with Gasteiger partial charge in [-0.3, -0.25) is 4.90 Å². The van der Waals surface area contributed by atoms with Crippen LogP contribution in [0.3, 0.4) is 0 Å². The quantitative estimate of drug-likeness (QED) is 0.918. The fourth-order valence-corrected chi connectivity index (χ4v) is 3.35. The van der Waals surface area contributed by atoms with Crippen molar-refractivity contribution in [2.75, 3.05) is 57.4 Å². The van der Waals surface area contributed by atoms with Crippen molar-refractivity contribution in [3.8, 4) is 0 Å². The highest BCUT2D eigenvalue weighted by molar-refractivity contribution is 5.57. The van der Waals surface area contributed by atoms with E-state index in [1.165, 1.54) is 16.8 Å². The predicted octanol–water partition coefficient (Wildman–Crippen LogP) is 1.80. The van der Waals surface area contributed by atoms with Crippen molar-refractivity contribution < 1.29 is 4.74 Å². The Bertz CT molecular complexity index is 465. The number of rotatable bonds is 3. The van der Waals surface area contributed by atoms with Crippen molar-refractivity contribution in [2.45, 2.75) is 19.9 Å². The summed E-state index contributed by atoms with van der Waals surface area (Å²) < 4.78 is 5.51. The number of ether oxygens (including phenoxy) is 1. The third-order valence-electron chi connectivity index (χ3n) is 4.69. The summed E-state index contributed by atoms with van der Waals surface area (Å²) in [6.07, 6.45) is 0. The second-order valence-corrected chi connectivity index (χ2v) is 6.12. The van der Waals surface area contributed by atoms with E-state index < -0.39 is 0 Å². The molecule has 2 fully saturated rings. The van der Waals surface area contributed by atoms with Gasteiger partial charge in [-0.05, 0) is 31.0 Å². The van der Waals surface area contributed by atoms with Crippen molar-refractivity contribution >= 4 is 5.69 Å². The molecule has 0 aromatic heterocycles. The van der Waals surface area contributed by atoms with E-state index in [2.05, 4.69) is 47.2 Å². The standard InChI is InChI=1S/C17H27N3O/c1-14-3-4-16(15(2)19-7-5-18-6-8-19)17(13-14)20-9-11-21-12-10-20/h3-4,13,15,18H,5-12H2,1-2H3. The van der Waals surface area contributed by atoms with Crippen molar-refractivity contribution in [3.05, 3.63) is 29.3 Å². The molecule has 2 heterocycles. The molecule has 1 unspecified atom stereocenters. The molecule has 2 saturated heterocycles. The Morgan fingerprint density at radius 3 is 2.52 bits per heavy atom. The fourth-order valence-electron chi connectivity index (χ4n) is 3.35. The smallest absolute Gasteiger partial charge is 0.0642 e. The predicted molar refractivity (Wildman–Crippen MR) is 87.1 cm³/mol. The summed E-state index contributed by atoms with van der Waals surface area (Å²) in [5.41, 5.74) is 4.21. The van der Waals surface area contributed by atoms with E-state index in [0.29, 0.717) is 6.04 Å². The molecule has 0 radical (unpaired) electrons. The van der Waals surface area contributed by atoms with Crippen LogP contribution >= 0.6 is 0 Å². The molecule has 1 atom stereocenters. The lowest BCUT2D eigenvalue weighted by Crippen LogP contribution is -2.45. The Labute approximate surface area is 128 Å². The molecule has 1 aromatic carbocycles. The van der Waals surface area contributed by atoms with E-state index in [-0.39, 0.29) is 0 Å². The topological polar surface area (TPSA) is 27.7 Å². The molecule has 0 aliphatic carbocycles. The van der Waals surface area contributed by atoms with Gasteiger partial charge in [-0.15, -0.1) is 0 Å². The summed E-state index contributed by atoms with van der Waals surface area (Å²) in [7, 11) is 0. The first-order valence-electron chi connectivity index (χ1n) is 8.14. The SMILES string of the molecule is Cc1ccc(C(C)N2CCNCC2)c(N2CCOCC2)c1. The van der Waals surface area contributed by atoms with E-state index in [1.54, 1.807) is 0 Å². The molecular weight excluding hydrogens is 262 g/mol. The summed E-state index contributed by atoms with van der Waals surface area (Å²) in [6.45, 7) is 12.7. The normalized spacial score (nSPS) is 22.3. The minimum atomic E-state index is 0.477. The number of hydrogen-bond acceptors (Lipinski definition) is 4. The Kier molecular flexibility index (Phi) is 4.78. The van der Waals surface area contributed by atoms with E-state index in [0.717, 1.165) is 52.5 Å². The number of piperazine rings is 1. The van der Waals surface area contributed by atoms with Crippen LogP contribution in [0.1, 0.15) is 24.1 Å². The lowest BCUT2D eigenvalue weighted by Gasteiger charge is -2.37. The van der Waals surface area contributed by atoms with Gasteiger partial charge in [0.15, 0.2) is 0 Å². The highest BCUT2D eigenvalue weighted by Gasteiger charge is 2.23. The van der Waals surface area contributed by atoms with Crippen molar-refractivity contribution in [2.24, 2.45) is 0 Å². The zero-order valence-corrected chi connectivity index (χ0v) is 13.3. The van der Waals surface area contributed by atoms with Gasteiger partial charge in [0.25, 0.3) is 0 Å². The highest BCUT2D eigenvalue weighted by atomic mass is 16.5. The van der Waals surface area contributed by atoms with Gasteiger partial charge in [-0.25, -0.2) is 0 Å². The Morgan fingerprint density at radius 1 is 1.10 bits per heavy atom. The lowest BCUT2D eigenvalue weighted by molar-refractivity contribution is 0.122. The lowest BCUT2D eigenvalue weighted by atomic mass is 10.0. The van der Waals surface area contributed by atoms with Crippen LogP contribution in [0.15, 0.2) is 18.2 Å². The summed E-state index contributed by atoms with van der Waals surface area (Å²) in [4.78, 5) is 5.08. The van der Waals surface area contributed by atoms with Crippen molar-refractivity contribution in [1.29, 1.82) is 0 Å². The number of aryl methyl sites for hydroxylation is 1. The van der Waals surface area contributed by atoms with Gasteiger partial charge in [0.1, 0.15) is 0 Å². The molecule has 2 aliphatic heterocycles.